The Hall–Kier alpha value is -3.16. The highest BCUT2D eigenvalue weighted by Gasteiger charge is 2.21. The number of carbonyl (C=O) groups is 2. The minimum absolute atomic E-state index is 0.187. The Labute approximate surface area is 141 Å². The zero-order valence-corrected chi connectivity index (χ0v) is 12.8. The van der Waals surface area contributed by atoms with Crippen LogP contribution in [0.25, 0.3) is 0 Å². The second-order valence-corrected chi connectivity index (χ2v) is 5.23. The van der Waals surface area contributed by atoms with E-state index >= 15 is 0 Å². The van der Waals surface area contributed by atoms with Crippen molar-refractivity contribution in [2.45, 2.75) is 6.42 Å². The van der Waals surface area contributed by atoms with E-state index in [1.54, 1.807) is 0 Å². The third-order valence-corrected chi connectivity index (χ3v) is 3.55. The molecular formula is C17H12F2NO5-. The highest BCUT2D eigenvalue weighted by atomic mass is 19.1. The van der Waals surface area contributed by atoms with Crippen LogP contribution in [0.5, 0.6) is 11.5 Å². The molecule has 3 rings (SSSR count). The second kappa shape index (κ2) is 6.76. The lowest BCUT2D eigenvalue weighted by molar-refractivity contribution is -0.254. The van der Waals surface area contributed by atoms with Crippen LogP contribution in [0.2, 0.25) is 0 Å². The molecule has 1 heterocycles. The summed E-state index contributed by atoms with van der Waals surface area (Å²) in [6.45, 7) is 0.679. The van der Waals surface area contributed by atoms with Crippen molar-refractivity contribution in [1.82, 2.24) is 0 Å². The van der Waals surface area contributed by atoms with Gasteiger partial charge in [-0.2, -0.15) is 0 Å². The first-order valence-corrected chi connectivity index (χ1v) is 7.37. The fourth-order valence-electron chi connectivity index (χ4n) is 2.38. The van der Waals surface area contributed by atoms with E-state index in [9.17, 15) is 23.5 Å². The smallest absolute Gasteiger partial charge is 0.261 e. The first-order valence-electron chi connectivity index (χ1n) is 7.37. The molecule has 1 aliphatic rings. The lowest BCUT2D eigenvalue weighted by Crippen LogP contribution is -2.25. The molecule has 0 aromatic heterocycles. The van der Waals surface area contributed by atoms with Gasteiger partial charge in [-0.25, -0.2) is 8.78 Å². The predicted octanol–water partition coefficient (Wildman–Crippen LogP) is 1.74. The van der Waals surface area contributed by atoms with Crippen LogP contribution in [0.4, 0.5) is 14.5 Å². The Morgan fingerprint density at radius 2 is 1.64 bits per heavy atom. The van der Waals surface area contributed by atoms with E-state index in [0.29, 0.717) is 19.6 Å². The third kappa shape index (κ3) is 3.37. The average molecular weight is 348 g/mol. The zero-order valence-electron chi connectivity index (χ0n) is 12.8. The number of halogens is 2. The highest BCUT2D eigenvalue weighted by Crippen LogP contribution is 2.35. The summed E-state index contributed by atoms with van der Waals surface area (Å²) in [4.78, 5) is 23.5. The van der Waals surface area contributed by atoms with E-state index in [-0.39, 0.29) is 17.2 Å². The molecule has 2 aromatic rings. The number of hydrogen-bond acceptors (Lipinski definition) is 5. The van der Waals surface area contributed by atoms with Gasteiger partial charge < -0.3 is 24.7 Å². The first kappa shape index (κ1) is 16.7. The van der Waals surface area contributed by atoms with Gasteiger partial charge in [0.25, 0.3) is 5.91 Å². The average Bonchev–Trinajstić information content (AvgIpc) is 2.78. The lowest BCUT2D eigenvalue weighted by atomic mass is 10.1. The number of hydrogen-bond donors (Lipinski definition) is 1. The molecule has 0 saturated heterocycles. The van der Waals surface area contributed by atoms with Crippen LogP contribution in [-0.4, -0.2) is 25.1 Å². The zero-order chi connectivity index (χ0) is 18.0. The standard InChI is InChI=1S/C17H13F2NO5/c18-10-3-1-4-11(19)15(10)16(21)20-12-8-14-13(7-9(12)17(22)23)24-5-2-6-25-14/h1,3-4,7-8H,2,5-6H2,(H,20,21)(H,22,23)/p-1. The van der Waals surface area contributed by atoms with E-state index in [0.717, 1.165) is 24.3 Å². The van der Waals surface area contributed by atoms with Crippen LogP contribution in [0, 0.1) is 11.6 Å². The monoisotopic (exact) mass is 348 g/mol. The number of aromatic carboxylic acids is 1. The van der Waals surface area contributed by atoms with Gasteiger partial charge in [0, 0.05) is 18.1 Å². The van der Waals surface area contributed by atoms with Gasteiger partial charge in [0.1, 0.15) is 17.2 Å². The maximum absolute atomic E-state index is 13.7. The van der Waals surface area contributed by atoms with Gasteiger partial charge in [-0.1, -0.05) is 6.07 Å². The van der Waals surface area contributed by atoms with Crippen molar-refractivity contribution < 1.29 is 33.0 Å². The molecule has 6 nitrogen and oxygen atoms in total. The fraction of sp³-hybridized carbons (Fsp3) is 0.176. The van der Waals surface area contributed by atoms with Gasteiger partial charge in [0.05, 0.1) is 24.9 Å². The predicted molar refractivity (Wildman–Crippen MR) is 80.7 cm³/mol. The summed E-state index contributed by atoms with van der Waals surface area (Å²) in [7, 11) is 0. The number of benzene rings is 2. The summed E-state index contributed by atoms with van der Waals surface area (Å²) in [5.41, 5.74) is -1.43. The minimum atomic E-state index is -1.58. The van der Waals surface area contributed by atoms with E-state index < -0.39 is 34.6 Å². The Kier molecular flexibility index (Phi) is 4.51. The Morgan fingerprint density at radius 1 is 1.04 bits per heavy atom. The van der Waals surface area contributed by atoms with Crippen molar-refractivity contribution in [2.24, 2.45) is 0 Å². The minimum Gasteiger partial charge on any atom is -0.545 e. The Bertz CT molecular complexity index is 833. The van der Waals surface area contributed by atoms with E-state index in [2.05, 4.69) is 5.32 Å². The molecule has 8 heteroatoms. The molecule has 0 bridgehead atoms. The normalized spacial score (nSPS) is 13.0. The summed E-state index contributed by atoms with van der Waals surface area (Å²) in [6, 6.07) is 5.32. The molecule has 1 amide bonds. The highest BCUT2D eigenvalue weighted by molar-refractivity contribution is 6.08. The molecule has 0 unspecified atom stereocenters. The molecule has 1 N–H and O–H groups in total. The molecule has 0 atom stereocenters. The quantitative estimate of drug-likeness (QED) is 0.913. The number of carboxylic acids is 1. The topological polar surface area (TPSA) is 87.7 Å². The van der Waals surface area contributed by atoms with Crippen LogP contribution in [0.15, 0.2) is 30.3 Å². The van der Waals surface area contributed by atoms with Crippen molar-refractivity contribution in [3.63, 3.8) is 0 Å². The molecular weight excluding hydrogens is 336 g/mol. The molecule has 0 saturated carbocycles. The Balaban J connectivity index is 2.00. The van der Waals surface area contributed by atoms with Crippen molar-refractivity contribution in [3.05, 3.63) is 53.1 Å². The molecule has 1 aliphatic heterocycles. The fourth-order valence-corrected chi connectivity index (χ4v) is 2.38. The maximum Gasteiger partial charge on any atom is 0.261 e. The molecule has 0 spiro atoms. The van der Waals surface area contributed by atoms with Crippen molar-refractivity contribution >= 4 is 17.6 Å². The van der Waals surface area contributed by atoms with E-state index in [1.165, 1.54) is 6.07 Å². The number of rotatable bonds is 3. The third-order valence-electron chi connectivity index (χ3n) is 3.55. The molecule has 0 aliphatic carbocycles. The molecule has 130 valence electrons. The summed E-state index contributed by atoms with van der Waals surface area (Å²) < 4.78 is 38.2. The number of ether oxygens (including phenoxy) is 2. The van der Waals surface area contributed by atoms with Crippen molar-refractivity contribution in [3.8, 4) is 11.5 Å². The van der Waals surface area contributed by atoms with Crippen molar-refractivity contribution in [2.75, 3.05) is 18.5 Å². The van der Waals surface area contributed by atoms with Gasteiger partial charge in [0.15, 0.2) is 11.5 Å². The van der Waals surface area contributed by atoms with Crippen LogP contribution in [-0.2, 0) is 0 Å². The van der Waals surface area contributed by atoms with Gasteiger partial charge in [-0.05, 0) is 18.2 Å². The number of anilines is 1. The summed E-state index contributed by atoms with van der Waals surface area (Å²) in [5.74, 6) is -4.45. The summed E-state index contributed by atoms with van der Waals surface area (Å²) >= 11 is 0. The maximum atomic E-state index is 13.7. The van der Waals surface area contributed by atoms with Gasteiger partial charge in [-0.15, -0.1) is 0 Å². The van der Waals surface area contributed by atoms with Crippen molar-refractivity contribution in [1.29, 1.82) is 0 Å². The lowest BCUT2D eigenvalue weighted by Gasteiger charge is -2.16. The molecule has 0 radical (unpaired) electrons. The number of fused-ring (bicyclic) bond motifs is 1. The second-order valence-electron chi connectivity index (χ2n) is 5.23. The number of nitrogens with one attached hydrogen (secondary N) is 1. The number of carboxylic acid groups (broad SMARTS) is 1. The van der Waals surface area contributed by atoms with Crippen LogP contribution >= 0.6 is 0 Å². The van der Waals surface area contributed by atoms with Gasteiger partial charge in [-0.3, -0.25) is 4.79 Å². The van der Waals surface area contributed by atoms with Gasteiger partial charge >= 0.3 is 0 Å². The van der Waals surface area contributed by atoms with E-state index in [4.69, 9.17) is 9.47 Å². The molecule has 2 aromatic carbocycles. The summed E-state index contributed by atoms with van der Waals surface area (Å²) in [6.07, 6.45) is 0.595. The molecule has 25 heavy (non-hydrogen) atoms. The van der Waals surface area contributed by atoms with E-state index in [1.807, 2.05) is 0 Å². The Morgan fingerprint density at radius 3 is 2.24 bits per heavy atom. The van der Waals surface area contributed by atoms with Crippen LogP contribution in [0.3, 0.4) is 0 Å². The SMILES string of the molecule is O=C([O-])c1cc2c(cc1NC(=O)c1c(F)cccc1F)OCCCO2. The summed E-state index contributed by atoms with van der Waals surface area (Å²) in [5, 5.41) is 13.5. The molecule has 0 fully saturated rings. The van der Waals surface area contributed by atoms with Crippen LogP contribution < -0.4 is 19.9 Å². The first-order chi connectivity index (χ1) is 12.0. The van der Waals surface area contributed by atoms with Gasteiger partial charge in [0.2, 0.25) is 0 Å². The number of amides is 1. The van der Waals surface area contributed by atoms with Crippen LogP contribution in [0.1, 0.15) is 27.1 Å². The largest absolute Gasteiger partial charge is 0.545 e. The number of carbonyl (C=O) groups excluding carboxylic acids is 2.